The van der Waals surface area contributed by atoms with Crippen molar-refractivity contribution >= 4 is 18.1 Å². The van der Waals surface area contributed by atoms with Crippen LogP contribution in [0.5, 0.6) is 0 Å². The fraction of sp³-hybridized carbons (Fsp3) is 0.400. The van der Waals surface area contributed by atoms with E-state index in [0.29, 0.717) is 12.8 Å². The highest BCUT2D eigenvalue weighted by molar-refractivity contribution is 5.89. The predicted octanol–water partition coefficient (Wildman–Crippen LogP) is 3.49. The van der Waals surface area contributed by atoms with E-state index in [0.717, 1.165) is 17.5 Å². The zero-order chi connectivity index (χ0) is 23.3. The molecule has 2 aliphatic rings. The second-order valence-electron chi connectivity index (χ2n) is 8.73. The van der Waals surface area contributed by atoms with Gasteiger partial charge in [-0.25, -0.2) is 9.59 Å². The van der Waals surface area contributed by atoms with Gasteiger partial charge in [0.1, 0.15) is 18.8 Å². The van der Waals surface area contributed by atoms with Crippen LogP contribution in [0.1, 0.15) is 43.2 Å². The number of alkyl carbamates (subject to hydrolysis) is 1. The van der Waals surface area contributed by atoms with Gasteiger partial charge in [0.2, 0.25) is 5.91 Å². The Morgan fingerprint density at radius 3 is 1.91 bits per heavy atom. The van der Waals surface area contributed by atoms with E-state index in [4.69, 9.17) is 15.2 Å². The summed E-state index contributed by atoms with van der Waals surface area (Å²) in [4.78, 5) is 39.7. The minimum Gasteiger partial charge on any atom is -0.445 e. The molecule has 2 fully saturated rings. The molecule has 174 valence electrons. The molecule has 0 saturated carbocycles. The molecule has 2 heterocycles. The lowest BCUT2D eigenvalue weighted by atomic mass is 9.73. The van der Waals surface area contributed by atoms with Crippen LogP contribution >= 0.6 is 0 Å². The van der Waals surface area contributed by atoms with E-state index in [1.54, 1.807) is 4.90 Å². The number of fused-ring (bicyclic) bond motifs is 2. The van der Waals surface area contributed by atoms with Crippen molar-refractivity contribution in [2.75, 3.05) is 0 Å². The zero-order valence-corrected chi connectivity index (χ0v) is 18.4. The van der Waals surface area contributed by atoms with Crippen LogP contribution in [0.3, 0.4) is 0 Å². The molecule has 3 N–H and O–H groups in total. The number of benzene rings is 2. The van der Waals surface area contributed by atoms with Gasteiger partial charge in [0.25, 0.3) is 0 Å². The van der Waals surface area contributed by atoms with Crippen LogP contribution in [0, 0.1) is 0 Å². The van der Waals surface area contributed by atoms with Crippen LogP contribution < -0.4 is 11.1 Å². The molecule has 0 aromatic heterocycles. The normalized spacial score (nSPS) is 23.9. The van der Waals surface area contributed by atoms with Crippen molar-refractivity contribution in [1.29, 1.82) is 0 Å². The van der Waals surface area contributed by atoms with Gasteiger partial charge in [0.15, 0.2) is 0 Å². The number of ether oxygens (including phenoxy) is 2. The first-order valence-corrected chi connectivity index (χ1v) is 11.2. The number of nitrogens with two attached hydrogens (primary N) is 1. The topological polar surface area (TPSA) is 111 Å². The quantitative estimate of drug-likeness (QED) is 0.698. The SMILES string of the molecule is NC(=O)C1(NC(=O)OCc2ccccc2)CC2CCCC(C1)N2C(=O)OCc1ccccc1. The maximum Gasteiger partial charge on any atom is 0.410 e. The van der Waals surface area contributed by atoms with E-state index in [1.807, 2.05) is 60.7 Å². The molecule has 2 unspecified atom stereocenters. The van der Waals surface area contributed by atoms with E-state index in [-0.39, 0.29) is 38.1 Å². The van der Waals surface area contributed by atoms with E-state index in [9.17, 15) is 14.4 Å². The number of hydrogen-bond acceptors (Lipinski definition) is 5. The maximum atomic E-state index is 12.9. The van der Waals surface area contributed by atoms with Crippen LogP contribution in [-0.4, -0.2) is 40.6 Å². The molecule has 8 nitrogen and oxygen atoms in total. The first-order chi connectivity index (χ1) is 16.0. The van der Waals surface area contributed by atoms with Crippen LogP contribution in [0.15, 0.2) is 60.7 Å². The first-order valence-electron chi connectivity index (χ1n) is 11.2. The molecule has 3 amide bonds. The van der Waals surface area contributed by atoms with Crippen molar-refractivity contribution in [1.82, 2.24) is 10.2 Å². The Labute approximate surface area is 193 Å². The lowest BCUT2D eigenvalue weighted by Gasteiger charge is -2.51. The summed E-state index contributed by atoms with van der Waals surface area (Å²) < 4.78 is 10.9. The first kappa shape index (κ1) is 22.6. The molecule has 33 heavy (non-hydrogen) atoms. The highest BCUT2D eigenvalue weighted by Crippen LogP contribution is 2.39. The summed E-state index contributed by atoms with van der Waals surface area (Å²) in [6.07, 6.45) is 1.73. The summed E-state index contributed by atoms with van der Waals surface area (Å²) in [7, 11) is 0. The van der Waals surface area contributed by atoms with Crippen LogP contribution in [0.25, 0.3) is 0 Å². The summed E-state index contributed by atoms with van der Waals surface area (Å²) in [6, 6.07) is 18.3. The molecular weight excluding hydrogens is 422 g/mol. The maximum absolute atomic E-state index is 12.9. The Kier molecular flexibility index (Phi) is 6.82. The molecule has 2 bridgehead atoms. The third kappa shape index (κ3) is 5.27. The molecule has 2 saturated heterocycles. The number of piperidine rings is 2. The number of carbonyl (C=O) groups excluding carboxylic acids is 3. The highest BCUT2D eigenvalue weighted by Gasteiger charge is 2.52. The molecule has 4 rings (SSSR count). The number of hydrogen-bond donors (Lipinski definition) is 2. The van der Waals surface area contributed by atoms with Gasteiger partial charge in [-0.15, -0.1) is 0 Å². The monoisotopic (exact) mass is 451 g/mol. The molecule has 2 aromatic carbocycles. The van der Waals surface area contributed by atoms with E-state index in [2.05, 4.69) is 5.32 Å². The second kappa shape index (κ2) is 9.94. The fourth-order valence-corrected chi connectivity index (χ4v) is 4.87. The number of rotatable bonds is 6. The summed E-state index contributed by atoms with van der Waals surface area (Å²) in [5.74, 6) is -0.617. The Hall–Kier alpha value is -3.55. The van der Waals surface area contributed by atoms with Crippen molar-refractivity contribution in [2.24, 2.45) is 5.73 Å². The number of amides is 3. The minimum absolute atomic E-state index is 0.0896. The van der Waals surface area contributed by atoms with E-state index in [1.165, 1.54) is 0 Å². The number of carbonyl (C=O) groups is 3. The zero-order valence-electron chi connectivity index (χ0n) is 18.4. The lowest BCUT2D eigenvalue weighted by Crippen LogP contribution is -2.69. The fourth-order valence-electron chi connectivity index (χ4n) is 4.87. The Morgan fingerprint density at radius 2 is 1.39 bits per heavy atom. The number of nitrogens with zero attached hydrogens (tertiary/aromatic N) is 1. The second-order valence-corrected chi connectivity index (χ2v) is 8.73. The van der Waals surface area contributed by atoms with Crippen LogP contribution in [-0.2, 0) is 27.5 Å². The average Bonchev–Trinajstić information content (AvgIpc) is 2.82. The van der Waals surface area contributed by atoms with Gasteiger partial charge in [0, 0.05) is 24.9 Å². The van der Waals surface area contributed by atoms with Gasteiger partial charge >= 0.3 is 12.2 Å². The van der Waals surface area contributed by atoms with Gasteiger partial charge in [-0.05, 0) is 30.4 Å². The Balaban J connectivity index is 1.41. The lowest BCUT2D eigenvalue weighted by molar-refractivity contribution is -0.129. The van der Waals surface area contributed by atoms with Gasteiger partial charge < -0.3 is 25.4 Å². The summed E-state index contributed by atoms with van der Waals surface area (Å²) >= 11 is 0. The largest absolute Gasteiger partial charge is 0.445 e. The Bertz CT molecular complexity index is 968. The van der Waals surface area contributed by atoms with Crippen LogP contribution in [0.4, 0.5) is 9.59 Å². The van der Waals surface area contributed by atoms with Crippen molar-refractivity contribution in [3.05, 3.63) is 71.8 Å². The predicted molar refractivity (Wildman–Crippen MR) is 121 cm³/mol. The summed E-state index contributed by atoms with van der Waals surface area (Å²) in [6.45, 7) is 0.271. The average molecular weight is 452 g/mol. The molecule has 2 aliphatic heterocycles. The van der Waals surface area contributed by atoms with E-state index < -0.39 is 23.6 Å². The van der Waals surface area contributed by atoms with Crippen molar-refractivity contribution in [3.63, 3.8) is 0 Å². The molecule has 0 spiro atoms. The Morgan fingerprint density at radius 1 is 0.879 bits per heavy atom. The van der Waals surface area contributed by atoms with Crippen molar-refractivity contribution in [3.8, 4) is 0 Å². The van der Waals surface area contributed by atoms with Gasteiger partial charge in [-0.3, -0.25) is 4.79 Å². The van der Waals surface area contributed by atoms with Crippen molar-refractivity contribution < 1.29 is 23.9 Å². The minimum atomic E-state index is -1.26. The molecule has 2 aromatic rings. The van der Waals surface area contributed by atoms with Gasteiger partial charge in [-0.2, -0.15) is 0 Å². The van der Waals surface area contributed by atoms with Crippen molar-refractivity contribution in [2.45, 2.75) is 62.9 Å². The molecular formula is C25H29N3O5. The number of nitrogens with one attached hydrogen (secondary N) is 1. The van der Waals surface area contributed by atoms with E-state index >= 15 is 0 Å². The van der Waals surface area contributed by atoms with Gasteiger partial charge in [-0.1, -0.05) is 60.7 Å². The van der Waals surface area contributed by atoms with Gasteiger partial charge in [0.05, 0.1) is 0 Å². The third-order valence-electron chi connectivity index (χ3n) is 6.47. The molecule has 8 heteroatoms. The summed E-state index contributed by atoms with van der Waals surface area (Å²) in [5.41, 5.74) is 6.26. The highest BCUT2D eigenvalue weighted by atomic mass is 16.6. The third-order valence-corrected chi connectivity index (χ3v) is 6.47. The van der Waals surface area contributed by atoms with Crippen LogP contribution in [0.2, 0.25) is 0 Å². The molecule has 0 aliphatic carbocycles. The standard InChI is InChI=1S/C25H29N3O5/c26-22(29)25(27-23(30)32-16-18-8-3-1-4-9-18)14-20-12-7-13-21(15-25)28(20)24(31)33-17-19-10-5-2-6-11-19/h1-6,8-11,20-21H,7,12-17H2,(H2,26,29)(H,27,30). The smallest absolute Gasteiger partial charge is 0.410 e. The molecule has 0 radical (unpaired) electrons. The summed E-state index contributed by atoms with van der Waals surface area (Å²) in [5, 5.41) is 2.73. The number of primary amides is 1. The molecule has 2 atom stereocenters.